The summed E-state index contributed by atoms with van der Waals surface area (Å²) in [5.41, 5.74) is 12.1. The molecule has 3 aromatic heterocycles. The van der Waals surface area contributed by atoms with Crippen molar-refractivity contribution in [2.45, 2.75) is 20.4 Å². The van der Waals surface area contributed by atoms with E-state index in [-0.39, 0.29) is 5.91 Å². The summed E-state index contributed by atoms with van der Waals surface area (Å²) in [6.07, 6.45) is 4.97. The maximum Gasteiger partial charge on any atom is 0.257 e. The maximum absolute atomic E-state index is 13.1. The SMILES string of the molecule is Cc1ccc(-c2cc(C)c3c(N)ncnn23)cc1C(=O)Nc1cn(Cc2ccccc2)cn1. The number of hydrogen-bond donors (Lipinski definition) is 2. The number of aromatic nitrogens is 5. The first kappa shape index (κ1) is 20.4. The maximum atomic E-state index is 13.1. The predicted octanol–water partition coefficient (Wildman–Crippen LogP) is 4.09. The molecule has 3 N–H and O–H groups in total. The van der Waals surface area contributed by atoms with Gasteiger partial charge in [0.05, 0.1) is 12.0 Å². The first-order chi connectivity index (χ1) is 16.0. The number of amides is 1. The second-order valence-corrected chi connectivity index (χ2v) is 8.02. The van der Waals surface area contributed by atoms with Gasteiger partial charge in [0.2, 0.25) is 0 Å². The smallest absolute Gasteiger partial charge is 0.257 e. The molecule has 5 rings (SSSR count). The lowest BCUT2D eigenvalue weighted by atomic mass is 10.0. The molecule has 0 aliphatic rings. The monoisotopic (exact) mass is 437 g/mol. The lowest BCUT2D eigenvalue weighted by Gasteiger charge is -2.09. The van der Waals surface area contributed by atoms with E-state index < -0.39 is 0 Å². The Labute approximate surface area is 190 Å². The van der Waals surface area contributed by atoms with Gasteiger partial charge in [-0.25, -0.2) is 14.5 Å². The van der Waals surface area contributed by atoms with Crippen LogP contribution in [0.5, 0.6) is 0 Å². The molecule has 0 radical (unpaired) electrons. The van der Waals surface area contributed by atoms with Gasteiger partial charge in [0.25, 0.3) is 5.91 Å². The average molecular weight is 438 g/mol. The molecule has 0 bridgehead atoms. The Kier molecular flexibility index (Phi) is 5.10. The molecule has 0 saturated heterocycles. The van der Waals surface area contributed by atoms with Crippen molar-refractivity contribution in [3.8, 4) is 11.3 Å². The fourth-order valence-electron chi connectivity index (χ4n) is 3.97. The van der Waals surface area contributed by atoms with Crippen molar-refractivity contribution in [3.05, 3.63) is 95.7 Å². The lowest BCUT2D eigenvalue weighted by molar-refractivity contribution is 0.102. The Balaban J connectivity index is 1.41. The average Bonchev–Trinajstić information content (AvgIpc) is 3.39. The number of rotatable bonds is 5. The van der Waals surface area contributed by atoms with E-state index in [0.717, 1.165) is 33.5 Å². The van der Waals surface area contributed by atoms with Crippen molar-refractivity contribution >= 4 is 23.1 Å². The number of imidazole rings is 1. The number of hydrogen-bond acceptors (Lipinski definition) is 5. The topological polar surface area (TPSA) is 103 Å². The third-order valence-electron chi connectivity index (χ3n) is 5.63. The molecule has 0 spiro atoms. The number of aryl methyl sites for hydroxylation is 2. The first-order valence-electron chi connectivity index (χ1n) is 10.6. The molecule has 164 valence electrons. The summed E-state index contributed by atoms with van der Waals surface area (Å²) in [6, 6.07) is 17.9. The molecule has 8 nitrogen and oxygen atoms in total. The molecule has 0 unspecified atom stereocenters. The summed E-state index contributed by atoms with van der Waals surface area (Å²) in [7, 11) is 0. The van der Waals surface area contributed by atoms with Crippen LogP contribution in [-0.2, 0) is 6.54 Å². The molecule has 2 aromatic carbocycles. The number of anilines is 2. The normalized spacial score (nSPS) is 11.1. The highest BCUT2D eigenvalue weighted by molar-refractivity contribution is 6.05. The summed E-state index contributed by atoms with van der Waals surface area (Å²) in [5, 5.41) is 7.27. The van der Waals surface area contributed by atoms with Crippen LogP contribution in [0.1, 0.15) is 27.0 Å². The van der Waals surface area contributed by atoms with Crippen molar-refractivity contribution in [2.75, 3.05) is 11.1 Å². The molecule has 1 amide bonds. The van der Waals surface area contributed by atoms with Gasteiger partial charge in [-0.1, -0.05) is 42.5 Å². The van der Waals surface area contributed by atoms with Crippen molar-refractivity contribution in [1.29, 1.82) is 0 Å². The third-order valence-corrected chi connectivity index (χ3v) is 5.63. The molecule has 33 heavy (non-hydrogen) atoms. The number of nitrogen functional groups attached to an aromatic ring is 1. The summed E-state index contributed by atoms with van der Waals surface area (Å²) < 4.78 is 3.70. The predicted molar refractivity (Wildman–Crippen MR) is 128 cm³/mol. The number of carbonyl (C=O) groups is 1. The van der Waals surface area contributed by atoms with Crippen molar-refractivity contribution in [1.82, 2.24) is 24.1 Å². The van der Waals surface area contributed by atoms with E-state index in [1.807, 2.05) is 67.1 Å². The summed E-state index contributed by atoms with van der Waals surface area (Å²) >= 11 is 0. The van der Waals surface area contributed by atoms with Crippen LogP contribution in [-0.4, -0.2) is 30.1 Å². The Morgan fingerprint density at radius 3 is 2.67 bits per heavy atom. The van der Waals surface area contributed by atoms with E-state index in [4.69, 9.17) is 5.73 Å². The minimum Gasteiger partial charge on any atom is -0.382 e. The first-order valence-corrected chi connectivity index (χ1v) is 10.6. The van der Waals surface area contributed by atoms with E-state index in [9.17, 15) is 4.79 Å². The summed E-state index contributed by atoms with van der Waals surface area (Å²) in [5.74, 6) is 0.709. The molecule has 0 fully saturated rings. The zero-order valence-corrected chi connectivity index (χ0v) is 18.4. The highest BCUT2D eigenvalue weighted by atomic mass is 16.1. The van der Waals surface area contributed by atoms with E-state index in [1.165, 1.54) is 6.33 Å². The highest BCUT2D eigenvalue weighted by Gasteiger charge is 2.16. The van der Waals surface area contributed by atoms with Crippen molar-refractivity contribution in [3.63, 3.8) is 0 Å². The van der Waals surface area contributed by atoms with E-state index in [0.29, 0.717) is 23.7 Å². The number of fused-ring (bicyclic) bond motifs is 1. The van der Waals surface area contributed by atoms with Gasteiger partial charge in [0, 0.05) is 23.9 Å². The van der Waals surface area contributed by atoms with E-state index >= 15 is 0 Å². The van der Waals surface area contributed by atoms with Gasteiger partial charge >= 0.3 is 0 Å². The molecule has 0 aliphatic heterocycles. The Morgan fingerprint density at radius 1 is 1.03 bits per heavy atom. The van der Waals surface area contributed by atoms with Crippen LogP contribution >= 0.6 is 0 Å². The molecule has 3 heterocycles. The fraction of sp³-hybridized carbons (Fsp3) is 0.120. The largest absolute Gasteiger partial charge is 0.382 e. The van der Waals surface area contributed by atoms with Crippen LogP contribution < -0.4 is 11.1 Å². The van der Waals surface area contributed by atoms with Crippen LogP contribution in [0.3, 0.4) is 0 Å². The van der Waals surface area contributed by atoms with Crippen LogP contribution in [0, 0.1) is 13.8 Å². The second-order valence-electron chi connectivity index (χ2n) is 8.02. The Bertz CT molecular complexity index is 1470. The van der Waals surface area contributed by atoms with Crippen molar-refractivity contribution < 1.29 is 4.79 Å². The number of nitrogens with one attached hydrogen (secondary N) is 1. The Hall–Kier alpha value is -4.46. The zero-order valence-electron chi connectivity index (χ0n) is 18.4. The molecular weight excluding hydrogens is 414 g/mol. The number of nitrogens with two attached hydrogens (primary N) is 1. The van der Waals surface area contributed by atoms with Gasteiger partial charge in [-0.3, -0.25) is 4.79 Å². The molecule has 0 saturated carbocycles. The summed E-state index contributed by atoms with van der Waals surface area (Å²) in [6.45, 7) is 4.56. The molecule has 0 atom stereocenters. The van der Waals surface area contributed by atoms with Gasteiger partial charge in [-0.15, -0.1) is 0 Å². The van der Waals surface area contributed by atoms with Gasteiger partial charge in [-0.2, -0.15) is 5.10 Å². The van der Waals surface area contributed by atoms with Crippen LogP contribution in [0.15, 0.2) is 73.4 Å². The van der Waals surface area contributed by atoms with Gasteiger partial charge in [0.1, 0.15) is 11.8 Å². The number of benzene rings is 2. The minimum atomic E-state index is -0.217. The van der Waals surface area contributed by atoms with Crippen LogP contribution in [0.4, 0.5) is 11.6 Å². The van der Waals surface area contributed by atoms with Crippen LogP contribution in [0.25, 0.3) is 16.8 Å². The summed E-state index contributed by atoms with van der Waals surface area (Å²) in [4.78, 5) is 21.5. The Morgan fingerprint density at radius 2 is 1.85 bits per heavy atom. The standard InChI is InChI=1S/C25H23N7O/c1-16-8-9-19(21-10-17(2)23-24(26)27-14-29-32(21)23)11-20(16)25(33)30-22-13-31(15-28-22)12-18-6-4-3-5-7-18/h3-11,13-15H,12H2,1-2H3,(H,30,33)(H2,26,27,29). The van der Waals surface area contributed by atoms with Crippen molar-refractivity contribution in [2.24, 2.45) is 0 Å². The van der Waals surface area contributed by atoms with Gasteiger partial charge in [0.15, 0.2) is 11.6 Å². The number of nitrogens with zero attached hydrogens (tertiary/aromatic N) is 5. The fourth-order valence-corrected chi connectivity index (χ4v) is 3.97. The van der Waals surface area contributed by atoms with Gasteiger partial charge < -0.3 is 15.6 Å². The lowest BCUT2D eigenvalue weighted by Crippen LogP contribution is -2.14. The molecular formula is C25H23N7O. The van der Waals surface area contributed by atoms with Crippen LogP contribution in [0.2, 0.25) is 0 Å². The minimum absolute atomic E-state index is 0.217. The zero-order chi connectivity index (χ0) is 22.9. The van der Waals surface area contributed by atoms with Gasteiger partial charge in [-0.05, 0) is 42.7 Å². The molecule has 0 aliphatic carbocycles. The quantitative estimate of drug-likeness (QED) is 0.431. The third kappa shape index (κ3) is 3.94. The number of carbonyl (C=O) groups excluding carboxylic acids is 1. The highest BCUT2D eigenvalue weighted by Crippen LogP contribution is 2.28. The molecule has 8 heteroatoms. The van der Waals surface area contributed by atoms with E-state index in [1.54, 1.807) is 10.8 Å². The molecule has 5 aromatic rings. The second kappa shape index (κ2) is 8.23. The van der Waals surface area contributed by atoms with E-state index in [2.05, 4.69) is 32.5 Å².